The van der Waals surface area contributed by atoms with Gasteiger partial charge in [0, 0.05) is 32.2 Å². The maximum atomic E-state index is 12.8. The summed E-state index contributed by atoms with van der Waals surface area (Å²) in [6.45, 7) is 5.95. The van der Waals surface area contributed by atoms with Crippen LogP contribution in [-0.2, 0) is 6.54 Å². The van der Waals surface area contributed by atoms with Gasteiger partial charge < -0.3 is 10.2 Å². The van der Waals surface area contributed by atoms with E-state index in [-0.39, 0.29) is 5.56 Å². The lowest BCUT2D eigenvalue weighted by Gasteiger charge is -2.27. The Balaban J connectivity index is 1.69. The highest BCUT2D eigenvalue weighted by atomic mass is 35.5. The number of halogens is 1. The first-order valence-electron chi connectivity index (χ1n) is 7.88. The van der Waals surface area contributed by atoms with Crippen molar-refractivity contribution in [2.45, 2.75) is 32.4 Å². The van der Waals surface area contributed by atoms with Crippen LogP contribution in [0.2, 0.25) is 5.02 Å². The van der Waals surface area contributed by atoms with E-state index in [0.29, 0.717) is 34.5 Å². The van der Waals surface area contributed by atoms with Crippen LogP contribution >= 0.6 is 11.6 Å². The van der Waals surface area contributed by atoms with E-state index >= 15 is 0 Å². The molecule has 6 heteroatoms. The third kappa shape index (κ3) is 2.27. The SMILES string of the molecule is CC1C2CNCC2CN1c1c(Cl)cnn(CC2CC2)c1=O. The fourth-order valence-corrected chi connectivity index (χ4v) is 4.09. The van der Waals surface area contributed by atoms with Gasteiger partial charge in [0.05, 0.1) is 11.2 Å². The molecule has 3 unspecified atom stereocenters. The van der Waals surface area contributed by atoms with Crippen molar-refractivity contribution in [1.29, 1.82) is 0 Å². The van der Waals surface area contributed by atoms with E-state index in [4.69, 9.17) is 11.6 Å². The minimum Gasteiger partial charge on any atom is -0.362 e. The maximum Gasteiger partial charge on any atom is 0.291 e. The van der Waals surface area contributed by atoms with Gasteiger partial charge >= 0.3 is 0 Å². The number of anilines is 1. The quantitative estimate of drug-likeness (QED) is 0.916. The van der Waals surface area contributed by atoms with Crippen LogP contribution in [0.15, 0.2) is 11.0 Å². The van der Waals surface area contributed by atoms with Crippen LogP contribution < -0.4 is 15.8 Å². The third-order valence-electron chi connectivity index (χ3n) is 5.32. The lowest BCUT2D eigenvalue weighted by Crippen LogP contribution is -2.39. The summed E-state index contributed by atoms with van der Waals surface area (Å²) in [6, 6.07) is 0.354. The number of nitrogens with zero attached hydrogens (tertiary/aromatic N) is 3. The Kier molecular flexibility index (Phi) is 3.23. The van der Waals surface area contributed by atoms with E-state index in [2.05, 4.69) is 22.2 Å². The van der Waals surface area contributed by atoms with Crippen molar-refractivity contribution >= 4 is 17.3 Å². The van der Waals surface area contributed by atoms with Gasteiger partial charge in [-0.2, -0.15) is 5.10 Å². The van der Waals surface area contributed by atoms with Gasteiger partial charge in [-0.3, -0.25) is 4.79 Å². The molecule has 0 spiro atoms. The van der Waals surface area contributed by atoms with Crippen LogP contribution in [0.1, 0.15) is 19.8 Å². The van der Waals surface area contributed by atoms with E-state index in [9.17, 15) is 4.79 Å². The molecule has 0 aromatic carbocycles. The summed E-state index contributed by atoms with van der Waals surface area (Å²) in [4.78, 5) is 15.0. The van der Waals surface area contributed by atoms with E-state index < -0.39 is 0 Å². The summed E-state index contributed by atoms with van der Waals surface area (Å²) in [5, 5.41) is 8.16. The molecule has 1 saturated carbocycles. The maximum absolute atomic E-state index is 12.8. The number of aromatic nitrogens is 2. The average molecular weight is 309 g/mol. The highest BCUT2D eigenvalue weighted by Crippen LogP contribution is 2.37. The molecule has 3 heterocycles. The molecule has 1 N–H and O–H groups in total. The molecule has 1 aromatic heterocycles. The highest BCUT2D eigenvalue weighted by molar-refractivity contribution is 6.33. The van der Waals surface area contributed by atoms with Crippen molar-refractivity contribution in [3.8, 4) is 0 Å². The van der Waals surface area contributed by atoms with Crippen LogP contribution in [0, 0.1) is 17.8 Å². The van der Waals surface area contributed by atoms with Crippen LogP contribution in [0.4, 0.5) is 5.69 Å². The number of hydrogen-bond donors (Lipinski definition) is 1. The standard InChI is InChI=1S/C15H21ClN4O/c1-9-12-5-17-4-11(12)8-19(9)14-13(16)6-18-20(15(14)21)7-10-2-3-10/h6,9-12,17H,2-5,7-8H2,1H3. The molecule has 4 rings (SSSR count). The zero-order chi connectivity index (χ0) is 14.6. The first-order valence-corrected chi connectivity index (χ1v) is 8.26. The van der Waals surface area contributed by atoms with Gasteiger partial charge in [0.15, 0.2) is 0 Å². The molecule has 3 aliphatic rings. The number of nitrogens with one attached hydrogen (secondary N) is 1. The lowest BCUT2D eigenvalue weighted by atomic mass is 9.95. The Morgan fingerprint density at radius 2 is 2.24 bits per heavy atom. The zero-order valence-corrected chi connectivity index (χ0v) is 13.0. The Labute approximate surface area is 129 Å². The van der Waals surface area contributed by atoms with E-state index in [1.807, 2.05) is 0 Å². The van der Waals surface area contributed by atoms with Gasteiger partial charge in [-0.05, 0) is 37.5 Å². The fourth-order valence-electron chi connectivity index (χ4n) is 3.86. The summed E-state index contributed by atoms with van der Waals surface area (Å²) in [5.41, 5.74) is 0.642. The second kappa shape index (κ2) is 4.99. The van der Waals surface area contributed by atoms with E-state index in [0.717, 1.165) is 26.2 Å². The lowest BCUT2D eigenvalue weighted by molar-refractivity contribution is 0.470. The van der Waals surface area contributed by atoms with Crippen LogP contribution in [0.3, 0.4) is 0 Å². The predicted octanol–water partition coefficient (Wildman–Crippen LogP) is 1.35. The molecule has 5 nitrogen and oxygen atoms in total. The van der Waals surface area contributed by atoms with Gasteiger partial charge in [0.25, 0.3) is 5.56 Å². The monoisotopic (exact) mass is 308 g/mol. The van der Waals surface area contributed by atoms with Crippen molar-refractivity contribution < 1.29 is 0 Å². The van der Waals surface area contributed by atoms with Crippen molar-refractivity contribution in [3.63, 3.8) is 0 Å². The molecule has 114 valence electrons. The Morgan fingerprint density at radius 1 is 1.43 bits per heavy atom. The van der Waals surface area contributed by atoms with Crippen molar-refractivity contribution in [2.24, 2.45) is 17.8 Å². The van der Waals surface area contributed by atoms with Gasteiger partial charge in [-0.15, -0.1) is 0 Å². The van der Waals surface area contributed by atoms with Gasteiger partial charge in [-0.25, -0.2) is 4.68 Å². The largest absolute Gasteiger partial charge is 0.362 e. The van der Waals surface area contributed by atoms with Crippen molar-refractivity contribution in [3.05, 3.63) is 21.6 Å². The van der Waals surface area contributed by atoms with Crippen LogP contribution in [0.25, 0.3) is 0 Å². The highest BCUT2D eigenvalue weighted by Gasteiger charge is 2.43. The normalized spacial score (nSPS) is 31.7. The minimum atomic E-state index is -0.0193. The van der Waals surface area contributed by atoms with Gasteiger partial charge in [0.1, 0.15) is 5.69 Å². The van der Waals surface area contributed by atoms with E-state index in [1.165, 1.54) is 12.8 Å². The molecule has 21 heavy (non-hydrogen) atoms. The van der Waals surface area contributed by atoms with Crippen molar-refractivity contribution in [2.75, 3.05) is 24.5 Å². The third-order valence-corrected chi connectivity index (χ3v) is 5.60. The molecule has 2 aliphatic heterocycles. The molecule has 0 amide bonds. The molecule has 0 radical (unpaired) electrons. The van der Waals surface area contributed by atoms with E-state index in [1.54, 1.807) is 10.9 Å². The zero-order valence-electron chi connectivity index (χ0n) is 12.3. The Morgan fingerprint density at radius 3 is 2.95 bits per heavy atom. The van der Waals surface area contributed by atoms with Gasteiger partial charge in [0.2, 0.25) is 0 Å². The molecule has 1 aliphatic carbocycles. The first-order chi connectivity index (χ1) is 10.1. The van der Waals surface area contributed by atoms with Crippen molar-refractivity contribution in [1.82, 2.24) is 15.1 Å². The topological polar surface area (TPSA) is 50.2 Å². The van der Waals surface area contributed by atoms with Gasteiger partial charge in [-0.1, -0.05) is 11.6 Å². The molecular weight excluding hydrogens is 288 g/mol. The molecular formula is C15H21ClN4O. The minimum absolute atomic E-state index is 0.0193. The smallest absolute Gasteiger partial charge is 0.291 e. The summed E-state index contributed by atoms with van der Waals surface area (Å²) in [6.07, 6.45) is 4.06. The summed E-state index contributed by atoms with van der Waals surface area (Å²) in [5.74, 6) is 1.87. The number of rotatable bonds is 3. The predicted molar refractivity (Wildman–Crippen MR) is 82.9 cm³/mol. The Hall–Kier alpha value is -1.07. The molecule has 3 atom stereocenters. The first kappa shape index (κ1) is 13.6. The molecule has 0 bridgehead atoms. The average Bonchev–Trinajstić information content (AvgIpc) is 3.06. The Bertz CT molecular complexity index is 612. The second-order valence-corrected chi connectivity index (χ2v) is 7.15. The second-order valence-electron chi connectivity index (χ2n) is 6.75. The number of hydrogen-bond acceptors (Lipinski definition) is 4. The summed E-state index contributed by atoms with van der Waals surface area (Å²) in [7, 11) is 0. The molecule has 3 fully saturated rings. The molecule has 1 aromatic rings. The van der Waals surface area contributed by atoms with Crippen LogP contribution in [0.5, 0.6) is 0 Å². The summed E-state index contributed by atoms with van der Waals surface area (Å²) >= 11 is 6.32. The summed E-state index contributed by atoms with van der Waals surface area (Å²) < 4.78 is 1.61. The van der Waals surface area contributed by atoms with Crippen LogP contribution in [-0.4, -0.2) is 35.5 Å². The molecule has 2 saturated heterocycles. The number of fused-ring (bicyclic) bond motifs is 1. The fraction of sp³-hybridized carbons (Fsp3) is 0.733.